The van der Waals surface area contributed by atoms with E-state index in [1.807, 2.05) is 31.2 Å². The van der Waals surface area contributed by atoms with Crippen molar-refractivity contribution in [1.29, 1.82) is 0 Å². The molecule has 0 saturated heterocycles. The third-order valence-corrected chi connectivity index (χ3v) is 4.42. The lowest BCUT2D eigenvalue weighted by atomic mass is 9.84. The summed E-state index contributed by atoms with van der Waals surface area (Å²) in [5.41, 5.74) is 6.77. The second-order valence-corrected chi connectivity index (χ2v) is 5.73. The largest absolute Gasteiger partial charge is 0.496 e. The van der Waals surface area contributed by atoms with Crippen LogP contribution in [0.25, 0.3) is 0 Å². The normalized spacial score (nSPS) is 25.4. The summed E-state index contributed by atoms with van der Waals surface area (Å²) in [5, 5.41) is 3.02. The fourth-order valence-corrected chi connectivity index (χ4v) is 2.90. The van der Waals surface area contributed by atoms with Gasteiger partial charge in [-0.25, -0.2) is 0 Å². The lowest BCUT2D eigenvalue weighted by molar-refractivity contribution is -0.130. The molecule has 3 N–H and O–H groups in total. The number of carbonyl (C=O) groups excluding carboxylic acids is 1. The van der Waals surface area contributed by atoms with Gasteiger partial charge < -0.3 is 15.8 Å². The van der Waals surface area contributed by atoms with E-state index in [0.29, 0.717) is 6.54 Å². The number of hydrogen-bond acceptors (Lipinski definition) is 3. The summed E-state index contributed by atoms with van der Waals surface area (Å²) in [5.74, 6) is 0.947. The maximum absolute atomic E-state index is 12.3. The van der Waals surface area contributed by atoms with Crippen LogP contribution in [0.15, 0.2) is 24.3 Å². The minimum Gasteiger partial charge on any atom is -0.496 e. The van der Waals surface area contributed by atoms with Crippen LogP contribution in [0.5, 0.6) is 5.75 Å². The van der Waals surface area contributed by atoms with Crippen LogP contribution < -0.4 is 15.8 Å². The Morgan fingerprint density at radius 1 is 1.50 bits per heavy atom. The first-order valence-electron chi connectivity index (χ1n) is 7.23. The second-order valence-electron chi connectivity index (χ2n) is 5.73. The van der Waals surface area contributed by atoms with Gasteiger partial charge in [0.2, 0.25) is 5.91 Å². The van der Waals surface area contributed by atoms with Crippen LogP contribution in [0.1, 0.15) is 31.7 Å². The maximum Gasteiger partial charge on any atom is 0.227 e. The Balaban J connectivity index is 1.88. The zero-order valence-electron chi connectivity index (χ0n) is 12.3. The molecule has 110 valence electrons. The molecule has 20 heavy (non-hydrogen) atoms. The molecule has 2 rings (SSSR count). The lowest BCUT2D eigenvalue weighted by Crippen LogP contribution is -2.47. The molecule has 1 saturated carbocycles. The highest BCUT2D eigenvalue weighted by Crippen LogP contribution is 2.36. The van der Waals surface area contributed by atoms with Crippen LogP contribution in [0.3, 0.4) is 0 Å². The van der Waals surface area contributed by atoms with Gasteiger partial charge in [-0.3, -0.25) is 4.79 Å². The molecule has 2 atom stereocenters. The van der Waals surface area contributed by atoms with Crippen LogP contribution in [0, 0.1) is 5.41 Å². The standard InChI is InChI=1S/C16H24N2O2/c1-16(10-5-8-14(16)17)15(19)18-11-9-12-6-3-4-7-13(12)20-2/h3-4,6-7,14H,5,8-11,17H2,1-2H3,(H,18,19). The minimum atomic E-state index is -0.402. The predicted molar refractivity (Wildman–Crippen MR) is 79.6 cm³/mol. The Kier molecular flexibility index (Phi) is 4.65. The fraction of sp³-hybridized carbons (Fsp3) is 0.562. The van der Waals surface area contributed by atoms with Crippen molar-refractivity contribution in [2.75, 3.05) is 13.7 Å². The van der Waals surface area contributed by atoms with E-state index in [9.17, 15) is 4.79 Å². The third-order valence-electron chi connectivity index (χ3n) is 4.42. The number of carbonyl (C=O) groups is 1. The van der Waals surface area contributed by atoms with Crippen molar-refractivity contribution in [3.63, 3.8) is 0 Å². The van der Waals surface area contributed by atoms with E-state index < -0.39 is 5.41 Å². The van der Waals surface area contributed by atoms with Gasteiger partial charge in [-0.05, 0) is 37.8 Å². The summed E-state index contributed by atoms with van der Waals surface area (Å²) in [6.45, 7) is 2.59. The molecule has 1 aromatic carbocycles. The second kappa shape index (κ2) is 6.27. The Hall–Kier alpha value is -1.55. The van der Waals surface area contributed by atoms with Crippen LogP contribution in [-0.2, 0) is 11.2 Å². The lowest BCUT2D eigenvalue weighted by Gasteiger charge is -2.27. The van der Waals surface area contributed by atoms with Gasteiger partial charge in [0.15, 0.2) is 0 Å². The van der Waals surface area contributed by atoms with Crippen LogP contribution in [0.2, 0.25) is 0 Å². The molecule has 1 fully saturated rings. The first kappa shape index (κ1) is 14.9. The minimum absolute atomic E-state index is 0.0197. The first-order chi connectivity index (χ1) is 9.58. The zero-order valence-corrected chi connectivity index (χ0v) is 12.3. The maximum atomic E-state index is 12.3. The third kappa shape index (κ3) is 2.96. The Labute approximate surface area is 120 Å². The molecule has 1 amide bonds. The summed E-state index contributed by atoms with van der Waals surface area (Å²) in [6.07, 6.45) is 3.63. The van der Waals surface area contributed by atoms with Crippen molar-refractivity contribution < 1.29 is 9.53 Å². The Morgan fingerprint density at radius 3 is 2.90 bits per heavy atom. The van der Waals surface area contributed by atoms with Crippen LogP contribution >= 0.6 is 0 Å². The molecule has 0 aromatic heterocycles. The number of hydrogen-bond donors (Lipinski definition) is 2. The van der Waals surface area contributed by atoms with Gasteiger partial charge in [0.1, 0.15) is 5.75 Å². The van der Waals surface area contributed by atoms with E-state index >= 15 is 0 Å². The van der Waals surface area contributed by atoms with Crippen LogP contribution in [0.4, 0.5) is 0 Å². The van der Waals surface area contributed by atoms with Crippen LogP contribution in [-0.4, -0.2) is 25.6 Å². The van der Waals surface area contributed by atoms with Gasteiger partial charge in [0.25, 0.3) is 0 Å². The molecule has 2 unspecified atom stereocenters. The molecular weight excluding hydrogens is 252 g/mol. The molecule has 0 heterocycles. The number of para-hydroxylation sites is 1. The van der Waals surface area contributed by atoms with E-state index in [4.69, 9.17) is 10.5 Å². The van der Waals surface area contributed by atoms with E-state index in [1.54, 1.807) is 7.11 Å². The van der Waals surface area contributed by atoms with Crippen molar-refractivity contribution in [2.45, 2.75) is 38.6 Å². The number of ether oxygens (including phenoxy) is 1. The highest BCUT2D eigenvalue weighted by atomic mass is 16.5. The molecule has 1 aromatic rings. The van der Waals surface area contributed by atoms with Gasteiger partial charge in [-0.15, -0.1) is 0 Å². The van der Waals surface area contributed by atoms with Crippen molar-refractivity contribution >= 4 is 5.91 Å². The molecule has 0 radical (unpaired) electrons. The van der Waals surface area contributed by atoms with E-state index in [-0.39, 0.29) is 11.9 Å². The first-order valence-corrected chi connectivity index (χ1v) is 7.23. The van der Waals surface area contributed by atoms with Crippen molar-refractivity contribution in [3.05, 3.63) is 29.8 Å². The van der Waals surface area contributed by atoms with Gasteiger partial charge in [0, 0.05) is 12.6 Å². The topological polar surface area (TPSA) is 64.3 Å². The fourth-order valence-electron chi connectivity index (χ4n) is 2.90. The van der Waals surface area contributed by atoms with E-state index in [0.717, 1.165) is 37.0 Å². The molecule has 0 aliphatic heterocycles. The van der Waals surface area contributed by atoms with E-state index in [2.05, 4.69) is 5.32 Å². The SMILES string of the molecule is COc1ccccc1CCNC(=O)C1(C)CCCC1N. The molecular formula is C16H24N2O2. The quantitative estimate of drug-likeness (QED) is 0.863. The van der Waals surface area contributed by atoms with Gasteiger partial charge in [0.05, 0.1) is 12.5 Å². The number of rotatable bonds is 5. The van der Waals surface area contributed by atoms with Crippen molar-refractivity contribution in [3.8, 4) is 5.75 Å². The Morgan fingerprint density at radius 2 is 2.25 bits per heavy atom. The van der Waals surface area contributed by atoms with Gasteiger partial charge in [-0.2, -0.15) is 0 Å². The number of methoxy groups -OCH3 is 1. The van der Waals surface area contributed by atoms with E-state index in [1.165, 1.54) is 0 Å². The molecule has 1 aliphatic rings. The highest BCUT2D eigenvalue weighted by molar-refractivity contribution is 5.83. The Bertz CT molecular complexity index is 475. The molecule has 4 nitrogen and oxygen atoms in total. The average molecular weight is 276 g/mol. The number of benzene rings is 1. The highest BCUT2D eigenvalue weighted by Gasteiger charge is 2.42. The predicted octanol–water partition coefficient (Wildman–Crippen LogP) is 1.87. The molecule has 0 bridgehead atoms. The average Bonchev–Trinajstić information content (AvgIpc) is 2.80. The van der Waals surface area contributed by atoms with Crippen molar-refractivity contribution in [1.82, 2.24) is 5.32 Å². The van der Waals surface area contributed by atoms with Crippen molar-refractivity contribution in [2.24, 2.45) is 11.1 Å². The zero-order chi connectivity index (χ0) is 14.6. The van der Waals surface area contributed by atoms with Gasteiger partial charge >= 0.3 is 0 Å². The van der Waals surface area contributed by atoms with Gasteiger partial charge in [-0.1, -0.05) is 24.6 Å². The summed E-state index contributed by atoms with van der Waals surface area (Å²) in [6, 6.07) is 7.86. The molecule has 0 spiro atoms. The number of nitrogens with one attached hydrogen (secondary N) is 1. The monoisotopic (exact) mass is 276 g/mol. The molecule has 1 aliphatic carbocycles. The molecule has 4 heteroatoms. The summed E-state index contributed by atoms with van der Waals surface area (Å²) in [7, 11) is 1.66. The number of amides is 1. The number of nitrogens with two attached hydrogens (primary N) is 1. The summed E-state index contributed by atoms with van der Waals surface area (Å²) < 4.78 is 5.31. The smallest absolute Gasteiger partial charge is 0.227 e. The summed E-state index contributed by atoms with van der Waals surface area (Å²) in [4.78, 5) is 12.3. The summed E-state index contributed by atoms with van der Waals surface area (Å²) >= 11 is 0.